The number of aromatic nitrogens is 2. The number of halogens is 6. The van der Waals surface area contributed by atoms with Crippen LogP contribution in [0.25, 0.3) is 10.8 Å². The highest BCUT2D eigenvalue weighted by atomic mass is 19.4. The molecule has 2 aromatic carbocycles. The zero-order chi connectivity index (χ0) is 20.5. The van der Waals surface area contributed by atoms with Crippen molar-refractivity contribution in [3.05, 3.63) is 59.9 Å². The molecule has 3 aromatic rings. The molecule has 0 unspecified atom stereocenters. The van der Waals surface area contributed by atoms with Gasteiger partial charge in [-0.2, -0.15) is 31.3 Å². The second kappa shape index (κ2) is 6.98. The third kappa shape index (κ3) is 4.30. The first-order valence-corrected chi connectivity index (χ1v) is 7.66. The van der Waals surface area contributed by atoms with Crippen LogP contribution in [0.4, 0.5) is 38.0 Å². The SMILES string of the molecule is N/C(=N\c1nc(C(F)(F)F)cc(C(F)(F)F)n1)Nc1cccc2ccccc12. The van der Waals surface area contributed by atoms with Gasteiger partial charge in [0.15, 0.2) is 11.4 Å². The average Bonchev–Trinajstić information content (AvgIpc) is 2.60. The highest BCUT2D eigenvalue weighted by Gasteiger charge is 2.39. The van der Waals surface area contributed by atoms with Gasteiger partial charge >= 0.3 is 12.4 Å². The van der Waals surface area contributed by atoms with Gasteiger partial charge in [0.1, 0.15) is 0 Å². The molecule has 3 N–H and O–H groups in total. The van der Waals surface area contributed by atoms with Gasteiger partial charge < -0.3 is 11.1 Å². The minimum absolute atomic E-state index is 0.187. The minimum atomic E-state index is -5.11. The molecule has 5 nitrogen and oxygen atoms in total. The highest BCUT2D eigenvalue weighted by Crippen LogP contribution is 2.34. The smallest absolute Gasteiger partial charge is 0.369 e. The van der Waals surface area contributed by atoms with Gasteiger partial charge in [0.05, 0.1) is 0 Å². The molecule has 1 heterocycles. The predicted octanol–water partition coefficient (Wildman–Crippen LogP) is 4.73. The molecule has 28 heavy (non-hydrogen) atoms. The minimum Gasteiger partial charge on any atom is -0.369 e. The summed E-state index contributed by atoms with van der Waals surface area (Å²) in [5.74, 6) is -1.53. The molecule has 0 spiro atoms. The van der Waals surface area contributed by atoms with Crippen molar-refractivity contribution < 1.29 is 26.3 Å². The summed E-state index contributed by atoms with van der Waals surface area (Å²) in [6.45, 7) is 0. The van der Waals surface area contributed by atoms with Crippen LogP contribution in [-0.4, -0.2) is 15.9 Å². The van der Waals surface area contributed by atoms with Crippen LogP contribution in [0.1, 0.15) is 11.4 Å². The maximum Gasteiger partial charge on any atom is 0.433 e. The summed E-state index contributed by atoms with van der Waals surface area (Å²) in [4.78, 5) is 9.51. The molecule has 0 amide bonds. The number of aliphatic imine (C=N–C) groups is 1. The third-order valence-electron chi connectivity index (χ3n) is 3.57. The Morgan fingerprint density at radius 1 is 0.857 bits per heavy atom. The lowest BCUT2D eigenvalue weighted by atomic mass is 10.1. The van der Waals surface area contributed by atoms with Crippen molar-refractivity contribution in [3.8, 4) is 0 Å². The van der Waals surface area contributed by atoms with E-state index in [0.717, 1.165) is 10.8 Å². The molecule has 0 aliphatic rings. The average molecular weight is 399 g/mol. The number of nitrogens with zero attached hydrogens (tertiary/aromatic N) is 3. The summed E-state index contributed by atoms with van der Waals surface area (Å²) in [6.07, 6.45) is -10.2. The number of alkyl halides is 6. The lowest BCUT2D eigenvalue weighted by molar-refractivity contribution is -0.147. The maximum atomic E-state index is 12.8. The van der Waals surface area contributed by atoms with E-state index in [1.54, 1.807) is 30.3 Å². The lowest BCUT2D eigenvalue weighted by Crippen LogP contribution is -2.23. The quantitative estimate of drug-likeness (QED) is 0.371. The van der Waals surface area contributed by atoms with Crippen molar-refractivity contribution in [1.29, 1.82) is 0 Å². The van der Waals surface area contributed by atoms with Crippen LogP contribution in [0, 0.1) is 0 Å². The van der Waals surface area contributed by atoms with E-state index in [9.17, 15) is 26.3 Å². The second-order valence-corrected chi connectivity index (χ2v) is 5.58. The predicted molar refractivity (Wildman–Crippen MR) is 90.9 cm³/mol. The molecule has 3 rings (SSSR count). The van der Waals surface area contributed by atoms with Crippen LogP contribution in [0.3, 0.4) is 0 Å². The Morgan fingerprint density at radius 2 is 1.43 bits per heavy atom. The van der Waals surface area contributed by atoms with E-state index in [2.05, 4.69) is 20.3 Å². The molecule has 11 heteroatoms. The number of rotatable bonds is 2. The van der Waals surface area contributed by atoms with E-state index < -0.39 is 35.6 Å². The number of benzene rings is 2. The van der Waals surface area contributed by atoms with Crippen LogP contribution >= 0.6 is 0 Å². The van der Waals surface area contributed by atoms with Crippen molar-refractivity contribution >= 4 is 28.4 Å². The molecule has 0 radical (unpaired) electrons. The summed E-state index contributed by atoms with van der Waals surface area (Å²) in [5.41, 5.74) is 2.56. The van der Waals surface area contributed by atoms with E-state index in [0.29, 0.717) is 5.69 Å². The summed E-state index contributed by atoms with van der Waals surface area (Å²) in [6, 6.07) is 12.1. The largest absolute Gasteiger partial charge is 0.433 e. The third-order valence-corrected chi connectivity index (χ3v) is 3.57. The summed E-state index contributed by atoms with van der Waals surface area (Å²) >= 11 is 0. The molecule has 0 saturated heterocycles. The standard InChI is InChI=1S/C17H11F6N5/c18-16(19,20)12-8-13(17(21,22)23)27-15(26-12)28-14(24)25-11-7-3-5-9-4-1-2-6-10(9)11/h1-8H,(H3,24,25,26,27,28). The zero-order valence-corrected chi connectivity index (χ0v) is 13.8. The lowest BCUT2D eigenvalue weighted by Gasteiger charge is -2.12. The van der Waals surface area contributed by atoms with Crippen LogP contribution in [-0.2, 0) is 12.4 Å². The molecule has 0 saturated carbocycles. The van der Waals surface area contributed by atoms with Crippen molar-refractivity contribution in [2.24, 2.45) is 10.7 Å². The van der Waals surface area contributed by atoms with Crippen LogP contribution < -0.4 is 11.1 Å². The van der Waals surface area contributed by atoms with Gasteiger partial charge in [-0.25, -0.2) is 9.97 Å². The van der Waals surface area contributed by atoms with Gasteiger partial charge in [-0.15, -0.1) is 0 Å². The van der Waals surface area contributed by atoms with Gasteiger partial charge in [0, 0.05) is 11.1 Å². The first-order valence-electron chi connectivity index (χ1n) is 7.66. The monoisotopic (exact) mass is 399 g/mol. The van der Waals surface area contributed by atoms with Gasteiger partial charge in [-0.1, -0.05) is 36.4 Å². The van der Waals surface area contributed by atoms with Gasteiger partial charge in [-0.05, 0) is 17.5 Å². The summed E-state index contributed by atoms with van der Waals surface area (Å²) in [7, 11) is 0. The Kier molecular flexibility index (Phi) is 4.84. The molecular weight excluding hydrogens is 388 g/mol. The van der Waals surface area contributed by atoms with Crippen molar-refractivity contribution in [1.82, 2.24) is 9.97 Å². The molecule has 146 valence electrons. The number of anilines is 1. The topological polar surface area (TPSA) is 76.2 Å². The van der Waals surface area contributed by atoms with E-state index in [4.69, 9.17) is 5.73 Å². The maximum absolute atomic E-state index is 12.8. The Balaban J connectivity index is 2.00. The zero-order valence-electron chi connectivity index (χ0n) is 13.8. The highest BCUT2D eigenvalue weighted by molar-refractivity contribution is 6.03. The fourth-order valence-electron chi connectivity index (χ4n) is 2.38. The van der Waals surface area contributed by atoms with E-state index in [-0.39, 0.29) is 6.07 Å². The number of fused-ring (bicyclic) bond motifs is 1. The Morgan fingerprint density at radius 3 is 2.04 bits per heavy atom. The van der Waals surface area contributed by atoms with Crippen LogP contribution in [0.15, 0.2) is 53.5 Å². The summed E-state index contributed by atoms with van der Waals surface area (Å²) in [5, 5.41) is 4.20. The first-order chi connectivity index (χ1) is 13.0. The molecule has 1 aromatic heterocycles. The molecule has 0 fully saturated rings. The van der Waals surface area contributed by atoms with Crippen molar-refractivity contribution in [2.45, 2.75) is 12.4 Å². The van der Waals surface area contributed by atoms with Gasteiger partial charge in [-0.3, -0.25) is 0 Å². The number of guanidine groups is 1. The molecule has 0 bridgehead atoms. The van der Waals surface area contributed by atoms with E-state index in [1.807, 2.05) is 12.1 Å². The number of hydrogen-bond donors (Lipinski definition) is 2. The van der Waals surface area contributed by atoms with Gasteiger partial charge in [0.2, 0.25) is 5.96 Å². The fourth-order valence-corrected chi connectivity index (χ4v) is 2.38. The van der Waals surface area contributed by atoms with Crippen molar-refractivity contribution in [3.63, 3.8) is 0 Å². The number of nitrogens with one attached hydrogen (secondary N) is 1. The number of nitrogens with two attached hydrogens (primary N) is 1. The Labute approximate surface area is 153 Å². The normalized spacial score (nSPS) is 13.0. The van der Waals surface area contributed by atoms with Crippen LogP contribution in [0.5, 0.6) is 0 Å². The van der Waals surface area contributed by atoms with Gasteiger partial charge in [0.25, 0.3) is 5.95 Å². The Bertz CT molecular complexity index is 1000. The summed E-state index contributed by atoms with van der Waals surface area (Å²) < 4.78 is 77.1. The van der Waals surface area contributed by atoms with Crippen molar-refractivity contribution in [2.75, 3.05) is 5.32 Å². The molecule has 0 aliphatic heterocycles. The van der Waals surface area contributed by atoms with E-state index >= 15 is 0 Å². The Hall–Kier alpha value is -3.37. The fraction of sp³-hybridized carbons (Fsp3) is 0.118. The molecule has 0 aliphatic carbocycles. The first kappa shape index (κ1) is 19.4. The molecule has 0 atom stereocenters. The van der Waals surface area contributed by atoms with Crippen LogP contribution in [0.2, 0.25) is 0 Å². The molecular formula is C17H11F6N5. The number of hydrogen-bond acceptors (Lipinski definition) is 3. The van der Waals surface area contributed by atoms with E-state index in [1.165, 1.54) is 0 Å². The second-order valence-electron chi connectivity index (χ2n) is 5.58.